The molecule has 11 aromatic rings. The van der Waals surface area contributed by atoms with E-state index in [0.29, 0.717) is 0 Å². The minimum absolute atomic E-state index is 0.834. The van der Waals surface area contributed by atoms with Crippen molar-refractivity contribution in [3.8, 4) is 22.3 Å². The highest BCUT2D eigenvalue weighted by atomic mass is 32.1. The van der Waals surface area contributed by atoms with E-state index in [1.807, 2.05) is 48.5 Å². The summed E-state index contributed by atoms with van der Waals surface area (Å²) < 4.78 is 5.55. The molecule has 1 aliphatic rings. The summed E-state index contributed by atoms with van der Waals surface area (Å²) in [6.07, 6.45) is 5.22. The van der Waals surface area contributed by atoms with E-state index in [1.54, 1.807) is 11.3 Å². The van der Waals surface area contributed by atoms with Crippen molar-refractivity contribution in [3.63, 3.8) is 0 Å². The monoisotopic (exact) mass is 729 g/mol. The molecule has 0 spiro atoms. The summed E-state index contributed by atoms with van der Waals surface area (Å²) >= 11 is 5.66. The fourth-order valence-corrected chi connectivity index (χ4v) is 7.64. The zero-order valence-corrected chi connectivity index (χ0v) is 30.9. The number of rotatable bonds is 1. The van der Waals surface area contributed by atoms with Gasteiger partial charge in [-0.3, -0.25) is 0 Å². The average Bonchev–Trinajstić information content (AvgIpc) is 4.05. The van der Waals surface area contributed by atoms with Crippen LogP contribution in [0.1, 0.15) is 5.56 Å². The van der Waals surface area contributed by atoms with Gasteiger partial charge in [0, 0.05) is 5.75 Å². The number of hydrogen-bond donors (Lipinski definition) is 1. The van der Waals surface area contributed by atoms with Crippen LogP contribution in [0.3, 0.4) is 0 Å². The van der Waals surface area contributed by atoms with E-state index in [0.717, 1.165) is 11.3 Å². The molecule has 3 radical (unpaired) electrons. The van der Waals surface area contributed by atoms with Gasteiger partial charge in [-0.05, 0) is 89.1 Å². The first-order valence-corrected chi connectivity index (χ1v) is 19.0. The van der Waals surface area contributed by atoms with Crippen molar-refractivity contribution in [1.82, 2.24) is 9.97 Å². The third-order valence-corrected chi connectivity index (χ3v) is 10.4. The second-order valence-corrected chi connectivity index (χ2v) is 13.6. The molecule has 0 saturated carbocycles. The molecule has 1 aliphatic carbocycles. The quantitative estimate of drug-likeness (QED) is 0.135. The van der Waals surface area contributed by atoms with E-state index in [2.05, 4.69) is 166 Å². The van der Waals surface area contributed by atoms with Gasteiger partial charge < -0.3 is 4.42 Å². The number of nitrogens with zero attached hydrogens (tertiary/aromatic N) is 2. The van der Waals surface area contributed by atoms with E-state index < -0.39 is 0 Å². The van der Waals surface area contributed by atoms with Crippen molar-refractivity contribution in [3.05, 3.63) is 206 Å². The van der Waals surface area contributed by atoms with Crippen LogP contribution in [-0.2, 0) is 5.75 Å². The molecule has 0 aliphatic heterocycles. The van der Waals surface area contributed by atoms with Crippen LogP contribution in [0.5, 0.6) is 0 Å². The molecule has 2 heterocycles. The predicted molar refractivity (Wildman–Crippen MR) is 230 cm³/mol. The van der Waals surface area contributed by atoms with E-state index >= 15 is 0 Å². The first-order valence-electron chi connectivity index (χ1n) is 17.6. The van der Waals surface area contributed by atoms with Gasteiger partial charge in [-0.2, -0.15) is 12.6 Å². The number of benzene rings is 9. The number of oxazole rings is 1. The molecule has 5 heteroatoms. The second kappa shape index (κ2) is 16.6. The van der Waals surface area contributed by atoms with Crippen molar-refractivity contribution in [1.29, 1.82) is 0 Å². The first kappa shape index (κ1) is 34.8. The van der Waals surface area contributed by atoms with Gasteiger partial charge in [0.15, 0.2) is 5.51 Å². The highest BCUT2D eigenvalue weighted by Gasteiger charge is 2.19. The maximum absolute atomic E-state index is 4.35. The molecule has 9 aromatic carbocycles. The fraction of sp³-hybridized carbons (Fsp3) is 0.0204. The summed E-state index contributed by atoms with van der Waals surface area (Å²) in [6, 6.07) is 62.6. The highest BCUT2D eigenvalue weighted by Crippen LogP contribution is 2.46. The SMILES string of the molecule is SCc1ccccc1.[c]1ccc2ccc3cccc4ccc1c2c43.[c]1nc2ccccc2s1.[c]1ncco1.c1ccc2c(c1)-c1cccc3cccc-2c13. The van der Waals surface area contributed by atoms with Gasteiger partial charge in [-0.1, -0.05) is 158 Å². The number of fused-ring (bicyclic) bond motifs is 4. The van der Waals surface area contributed by atoms with E-state index in [4.69, 9.17) is 0 Å². The minimum atomic E-state index is 0.834. The van der Waals surface area contributed by atoms with Crippen molar-refractivity contribution in [2.75, 3.05) is 0 Å². The van der Waals surface area contributed by atoms with E-state index in [9.17, 15) is 0 Å². The number of para-hydroxylation sites is 1. The molecule has 257 valence electrons. The summed E-state index contributed by atoms with van der Waals surface area (Å²) in [5.74, 6) is 0.834. The van der Waals surface area contributed by atoms with Crippen molar-refractivity contribution >= 4 is 77.3 Å². The van der Waals surface area contributed by atoms with Gasteiger partial charge in [0.25, 0.3) is 6.39 Å². The van der Waals surface area contributed by atoms with Crippen molar-refractivity contribution in [2.24, 2.45) is 0 Å². The molecule has 0 N–H and O–H groups in total. The normalized spacial score (nSPS) is 10.8. The maximum atomic E-state index is 4.35. The smallest absolute Gasteiger partial charge is 0.283 e. The highest BCUT2D eigenvalue weighted by molar-refractivity contribution is 7.79. The molecule has 54 heavy (non-hydrogen) atoms. The Hall–Kier alpha value is -6.27. The summed E-state index contributed by atoms with van der Waals surface area (Å²) in [7, 11) is 0. The van der Waals surface area contributed by atoms with Crippen LogP contribution in [0.15, 0.2) is 187 Å². The van der Waals surface area contributed by atoms with E-state index in [1.165, 1.54) is 88.1 Å². The number of thiazole rings is 1. The topological polar surface area (TPSA) is 38.9 Å². The predicted octanol–water partition coefficient (Wildman–Crippen LogP) is 13.6. The summed E-state index contributed by atoms with van der Waals surface area (Å²) in [5.41, 5.74) is 10.6. The Bertz CT molecular complexity index is 2650. The van der Waals surface area contributed by atoms with Gasteiger partial charge in [0.05, 0.1) is 16.4 Å². The summed E-state index contributed by atoms with van der Waals surface area (Å²) in [4.78, 5) is 7.44. The van der Waals surface area contributed by atoms with Crippen LogP contribution in [0, 0.1) is 18.0 Å². The van der Waals surface area contributed by atoms with Crippen molar-refractivity contribution < 1.29 is 4.42 Å². The van der Waals surface area contributed by atoms with Gasteiger partial charge in [0.2, 0.25) is 0 Å². The Morgan fingerprint density at radius 1 is 0.537 bits per heavy atom. The van der Waals surface area contributed by atoms with Crippen LogP contribution in [0.25, 0.3) is 75.6 Å². The van der Waals surface area contributed by atoms with Crippen LogP contribution in [0.4, 0.5) is 0 Å². The average molecular weight is 730 g/mol. The van der Waals surface area contributed by atoms with Crippen LogP contribution in [-0.4, -0.2) is 9.97 Å². The number of aromatic nitrogens is 2. The lowest BCUT2D eigenvalue weighted by Crippen LogP contribution is -1.82. The van der Waals surface area contributed by atoms with Crippen LogP contribution in [0.2, 0.25) is 0 Å². The largest absolute Gasteiger partial charge is 0.441 e. The van der Waals surface area contributed by atoms with Gasteiger partial charge in [-0.15, -0.1) is 11.3 Å². The molecule has 3 nitrogen and oxygen atoms in total. The molecule has 12 rings (SSSR count). The molecule has 0 fully saturated rings. The van der Waals surface area contributed by atoms with Gasteiger partial charge in [-0.25, -0.2) is 9.97 Å². The molecule has 0 amide bonds. The molecular formula is C49H33N2OS2. The van der Waals surface area contributed by atoms with E-state index in [-0.39, 0.29) is 0 Å². The summed E-state index contributed by atoms with van der Waals surface area (Å²) in [6.45, 7) is 0. The maximum Gasteiger partial charge on any atom is 0.283 e. The molecular weight excluding hydrogens is 697 g/mol. The Labute approximate surface area is 324 Å². The van der Waals surface area contributed by atoms with Crippen molar-refractivity contribution in [2.45, 2.75) is 5.75 Å². The lowest BCUT2D eigenvalue weighted by molar-refractivity contribution is 0.548. The zero-order valence-electron chi connectivity index (χ0n) is 29.2. The Kier molecular flexibility index (Phi) is 10.7. The lowest BCUT2D eigenvalue weighted by Gasteiger charge is -2.09. The van der Waals surface area contributed by atoms with Gasteiger partial charge in [0.1, 0.15) is 6.26 Å². The summed E-state index contributed by atoms with van der Waals surface area (Å²) in [5, 5.41) is 10.6. The van der Waals surface area contributed by atoms with Crippen LogP contribution < -0.4 is 0 Å². The Balaban J connectivity index is 0.000000102. The Morgan fingerprint density at radius 2 is 1.13 bits per heavy atom. The molecule has 0 unspecified atom stereocenters. The lowest BCUT2D eigenvalue weighted by atomic mass is 9.95. The van der Waals surface area contributed by atoms with Crippen LogP contribution >= 0.6 is 24.0 Å². The Morgan fingerprint density at radius 3 is 1.74 bits per heavy atom. The molecule has 2 aromatic heterocycles. The standard InChI is InChI=1S/C16H9.C16H10.C7H4NS.C7H8S.C3H2NO/c1-3-11-7-9-13-5-2-6-14-10-8-12(4-1)15(11)16(13)14;1-2-8-13-12(7-1)14-9-3-5-11-6-4-10-15(13)16(11)14;1-2-4-7-6(3-1)8-5-9-7;8-6-7-4-2-1-3-5-7;1-2-5-3-4-1/h1-5,7-10H;1-10H;1-4H;1-5,8H,6H2;1-2H. The third kappa shape index (κ3) is 7.46. The molecule has 0 bridgehead atoms. The first-order chi connectivity index (χ1) is 26.8. The second-order valence-electron chi connectivity index (χ2n) is 12.5. The third-order valence-electron chi connectivity index (χ3n) is 9.24. The number of thiol groups is 1. The minimum Gasteiger partial charge on any atom is -0.441 e. The zero-order chi connectivity index (χ0) is 36.5. The molecule has 0 atom stereocenters. The fourth-order valence-electron chi connectivity index (χ4n) is 6.82. The molecule has 0 saturated heterocycles. The van der Waals surface area contributed by atoms with Gasteiger partial charge >= 0.3 is 0 Å². The number of hydrogen-bond acceptors (Lipinski definition) is 5.